The molecule has 0 spiro atoms. The van der Waals surface area contributed by atoms with E-state index in [0.29, 0.717) is 6.61 Å². The van der Waals surface area contributed by atoms with E-state index < -0.39 is 0 Å². The Morgan fingerprint density at radius 1 is 1.35 bits per heavy atom. The van der Waals surface area contributed by atoms with Gasteiger partial charge in [0, 0.05) is 25.5 Å². The van der Waals surface area contributed by atoms with Crippen LogP contribution in [-0.2, 0) is 4.74 Å². The van der Waals surface area contributed by atoms with Crippen LogP contribution in [0, 0.1) is 6.92 Å². The summed E-state index contributed by atoms with van der Waals surface area (Å²) in [4.78, 5) is 10.9. The fourth-order valence-electron chi connectivity index (χ4n) is 2.16. The number of ether oxygens (including phenoxy) is 1. The molecule has 1 saturated heterocycles. The number of aliphatic hydroxyl groups excluding tert-OH is 1. The van der Waals surface area contributed by atoms with Crippen LogP contribution in [0.2, 0.25) is 0 Å². The highest BCUT2D eigenvalue weighted by atomic mass is 16.5. The van der Waals surface area contributed by atoms with Crippen molar-refractivity contribution in [2.75, 3.05) is 31.2 Å². The smallest absolute Gasteiger partial charge is 0.150 e. The minimum Gasteiger partial charge on any atom is -0.394 e. The zero-order valence-electron chi connectivity index (χ0n) is 10.2. The van der Waals surface area contributed by atoms with Crippen molar-refractivity contribution in [2.24, 2.45) is 0 Å². The highest BCUT2D eigenvalue weighted by Gasteiger charge is 2.21. The molecule has 1 fully saturated rings. The number of aryl methyl sites for hydroxylation is 1. The molecule has 0 atom stereocenters. The van der Waals surface area contributed by atoms with E-state index in [0.717, 1.165) is 37.4 Å². The van der Waals surface area contributed by atoms with Crippen molar-refractivity contribution in [1.82, 2.24) is 9.97 Å². The summed E-state index contributed by atoms with van der Waals surface area (Å²) >= 11 is 0. The van der Waals surface area contributed by atoms with Gasteiger partial charge in [-0.1, -0.05) is 0 Å². The van der Waals surface area contributed by atoms with Crippen molar-refractivity contribution < 1.29 is 9.84 Å². The average Bonchev–Trinajstić information content (AvgIpc) is 2.38. The Morgan fingerprint density at radius 3 is 2.71 bits per heavy atom. The maximum Gasteiger partial charge on any atom is 0.150 e. The van der Waals surface area contributed by atoms with E-state index in [1.807, 2.05) is 6.92 Å². The van der Waals surface area contributed by atoms with Crippen LogP contribution in [0.3, 0.4) is 0 Å². The van der Waals surface area contributed by atoms with Gasteiger partial charge in [0.1, 0.15) is 5.82 Å². The van der Waals surface area contributed by atoms with Crippen LogP contribution in [0.25, 0.3) is 0 Å². The lowest BCUT2D eigenvalue weighted by molar-refractivity contribution is 0.0158. The molecule has 5 nitrogen and oxygen atoms in total. The number of hydrogen-bond donors (Lipinski definition) is 1. The van der Waals surface area contributed by atoms with Crippen molar-refractivity contribution in [3.63, 3.8) is 0 Å². The maximum atomic E-state index is 8.71. The van der Waals surface area contributed by atoms with Gasteiger partial charge in [-0.2, -0.15) is 0 Å². The van der Waals surface area contributed by atoms with Crippen molar-refractivity contribution in [1.29, 1.82) is 0 Å². The molecule has 0 aromatic carbocycles. The van der Waals surface area contributed by atoms with E-state index >= 15 is 0 Å². The van der Waals surface area contributed by atoms with Crippen molar-refractivity contribution >= 4 is 5.82 Å². The molecular formula is C12H19N3O2. The van der Waals surface area contributed by atoms with Gasteiger partial charge in [0.25, 0.3) is 0 Å². The van der Waals surface area contributed by atoms with E-state index in [9.17, 15) is 0 Å². The number of aromatic nitrogens is 2. The van der Waals surface area contributed by atoms with Gasteiger partial charge in [0.2, 0.25) is 0 Å². The second-order valence-electron chi connectivity index (χ2n) is 4.25. The Kier molecular flexibility index (Phi) is 4.28. The molecule has 0 radical (unpaired) electrons. The second kappa shape index (κ2) is 5.93. The van der Waals surface area contributed by atoms with Gasteiger partial charge >= 0.3 is 0 Å². The number of rotatable bonds is 4. The van der Waals surface area contributed by atoms with Crippen LogP contribution in [0.15, 0.2) is 12.4 Å². The molecule has 1 aliphatic heterocycles. The summed E-state index contributed by atoms with van der Waals surface area (Å²) in [6, 6.07) is 0. The normalized spacial score (nSPS) is 17.4. The summed E-state index contributed by atoms with van der Waals surface area (Å²) in [7, 11) is 0. The summed E-state index contributed by atoms with van der Waals surface area (Å²) in [5.74, 6) is 0.980. The molecule has 1 aromatic heterocycles. The van der Waals surface area contributed by atoms with Gasteiger partial charge < -0.3 is 14.7 Å². The van der Waals surface area contributed by atoms with E-state index in [4.69, 9.17) is 9.84 Å². The van der Waals surface area contributed by atoms with Crippen molar-refractivity contribution in [2.45, 2.75) is 25.9 Å². The lowest BCUT2D eigenvalue weighted by Gasteiger charge is -2.33. The van der Waals surface area contributed by atoms with Gasteiger partial charge in [-0.15, -0.1) is 0 Å². The molecule has 1 aromatic rings. The summed E-state index contributed by atoms with van der Waals surface area (Å²) in [6.07, 6.45) is 5.69. The largest absolute Gasteiger partial charge is 0.394 e. The van der Waals surface area contributed by atoms with Crippen LogP contribution >= 0.6 is 0 Å². The number of hydrogen-bond acceptors (Lipinski definition) is 5. The van der Waals surface area contributed by atoms with Crippen LogP contribution in [0.4, 0.5) is 5.82 Å². The third-order valence-corrected chi connectivity index (χ3v) is 3.04. The van der Waals surface area contributed by atoms with Gasteiger partial charge in [-0.05, 0) is 19.8 Å². The van der Waals surface area contributed by atoms with Crippen LogP contribution in [0.1, 0.15) is 18.5 Å². The summed E-state index contributed by atoms with van der Waals surface area (Å²) in [5.41, 5.74) is 0.974. The molecule has 1 aliphatic rings. The number of nitrogens with zero attached hydrogens (tertiary/aromatic N) is 3. The summed E-state index contributed by atoms with van der Waals surface area (Å²) in [6.45, 7) is 4.40. The van der Waals surface area contributed by atoms with Crippen LogP contribution in [-0.4, -0.2) is 47.5 Å². The Bertz CT molecular complexity index is 351. The Morgan fingerprint density at radius 2 is 2.06 bits per heavy atom. The minimum atomic E-state index is 0.101. The third kappa shape index (κ3) is 3.14. The van der Waals surface area contributed by atoms with Gasteiger partial charge in [0.15, 0.2) is 0 Å². The fraction of sp³-hybridized carbons (Fsp3) is 0.667. The third-order valence-electron chi connectivity index (χ3n) is 3.04. The predicted octanol–water partition coefficient (Wildman–Crippen LogP) is 0.763. The first kappa shape index (κ1) is 12.3. The topological polar surface area (TPSA) is 58.5 Å². The highest BCUT2D eigenvalue weighted by Crippen LogP contribution is 2.20. The average molecular weight is 237 g/mol. The SMILES string of the molecule is Cc1nccnc1N1CCC(OCCO)CC1. The van der Waals surface area contributed by atoms with E-state index in [-0.39, 0.29) is 12.7 Å². The molecule has 2 heterocycles. The zero-order valence-corrected chi connectivity index (χ0v) is 10.2. The van der Waals surface area contributed by atoms with Gasteiger partial charge in [-0.25, -0.2) is 4.98 Å². The molecule has 5 heteroatoms. The lowest BCUT2D eigenvalue weighted by atomic mass is 10.1. The zero-order chi connectivity index (χ0) is 12.1. The van der Waals surface area contributed by atoms with E-state index in [2.05, 4.69) is 14.9 Å². The van der Waals surface area contributed by atoms with Crippen molar-refractivity contribution in [3.8, 4) is 0 Å². The van der Waals surface area contributed by atoms with Gasteiger partial charge in [-0.3, -0.25) is 4.98 Å². The molecule has 17 heavy (non-hydrogen) atoms. The first-order chi connectivity index (χ1) is 8.31. The monoisotopic (exact) mass is 237 g/mol. The molecular weight excluding hydrogens is 218 g/mol. The summed E-state index contributed by atoms with van der Waals surface area (Å²) < 4.78 is 5.53. The standard InChI is InChI=1S/C12H19N3O2/c1-10-12(14-5-4-13-10)15-6-2-11(3-7-15)17-9-8-16/h4-5,11,16H,2-3,6-9H2,1H3. The Labute approximate surface area is 101 Å². The number of anilines is 1. The van der Waals surface area contributed by atoms with Crippen LogP contribution in [0.5, 0.6) is 0 Å². The first-order valence-electron chi connectivity index (χ1n) is 6.06. The van der Waals surface area contributed by atoms with E-state index in [1.54, 1.807) is 12.4 Å². The number of aliphatic hydroxyl groups is 1. The van der Waals surface area contributed by atoms with Crippen molar-refractivity contribution in [3.05, 3.63) is 18.1 Å². The highest BCUT2D eigenvalue weighted by molar-refractivity contribution is 5.42. The van der Waals surface area contributed by atoms with Crippen LogP contribution < -0.4 is 4.90 Å². The quantitative estimate of drug-likeness (QED) is 0.838. The first-order valence-corrected chi connectivity index (χ1v) is 6.06. The molecule has 0 unspecified atom stereocenters. The van der Waals surface area contributed by atoms with E-state index in [1.165, 1.54) is 0 Å². The predicted molar refractivity (Wildman–Crippen MR) is 65.0 cm³/mol. The Balaban J connectivity index is 1.89. The lowest BCUT2D eigenvalue weighted by Crippen LogP contribution is -2.38. The Hall–Kier alpha value is -1.20. The molecule has 0 saturated carbocycles. The molecule has 0 amide bonds. The second-order valence-corrected chi connectivity index (χ2v) is 4.25. The minimum absolute atomic E-state index is 0.101. The molecule has 2 rings (SSSR count). The maximum absolute atomic E-state index is 8.71. The summed E-state index contributed by atoms with van der Waals surface area (Å²) in [5, 5.41) is 8.71. The molecule has 94 valence electrons. The molecule has 0 bridgehead atoms. The van der Waals surface area contributed by atoms with Gasteiger partial charge in [0.05, 0.1) is 25.0 Å². The molecule has 0 aliphatic carbocycles. The number of piperidine rings is 1. The molecule has 1 N–H and O–H groups in total. The fourth-order valence-corrected chi connectivity index (χ4v) is 2.16.